The molecule has 2 aromatic rings. The number of halogens is 1. The maximum absolute atomic E-state index is 6.38. The average molecular weight is 311 g/mol. The summed E-state index contributed by atoms with van der Waals surface area (Å²) in [6.07, 6.45) is 1.71. The van der Waals surface area contributed by atoms with E-state index in [0.717, 1.165) is 30.2 Å². The predicted octanol–water partition coefficient (Wildman–Crippen LogP) is 1.45. The summed E-state index contributed by atoms with van der Waals surface area (Å²) in [6.45, 7) is 3.69. The maximum atomic E-state index is 6.38. The highest BCUT2D eigenvalue weighted by atomic mass is 35.5. The summed E-state index contributed by atoms with van der Waals surface area (Å²) in [6, 6.07) is 2.04. The van der Waals surface area contributed by atoms with Gasteiger partial charge in [0.05, 0.1) is 40.9 Å². The first-order chi connectivity index (χ1) is 9.93. The SMILES string of the molecule is CNC(c1cc(C)nn1C)c1c(Cl)cnn1CCN(C)C. The van der Waals surface area contributed by atoms with Crippen LogP contribution in [0.4, 0.5) is 0 Å². The zero-order valence-corrected chi connectivity index (χ0v) is 14.0. The summed E-state index contributed by atoms with van der Waals surface area (Å²) in [5, 5.41) is 12.8. The molecule has 0 saturated carbocycles. The lowest BCUT2D eigenvalue weighted by Crippen LogP contribution is -2.26. The van der Waals surface area contributed by atoms with Gasteiger partial charge in [0, 0.05) is 13.6 Å². The van der Waals surface area contributed by atoms with Crippen LogP contribution < -0.4 is 5.32 Å². The molecule has 1 unspecified atom stereocenters. The van der Waals surface area contributed by atoms with Crippen molar-refractivity contribution in [3.05, 3.63) is 34.4 Å². The Morgan fingerprint density at radius 1 is 1.43 bits per heavy atom. The Labute approximate surface area is 130 Å². The molecule has 6 nitrogen and oxygen atoms in total. The summed E-state index contributed by atoms with van der Waals surface area (Å²) in [7, 11) is 7.96. The van der Waals surface area contributed by atoms with Crippen LogP contribution in [0.1, 0.15) is 23.1 Å². The zero-order valence-electron chi connectivity index (χ0n) is 13.3. The molecule has 0 bridgehead atoms. The van der Waals surface area contributed by atoms with E-state index in [0.29, 0.717) is 5.02 Å². The molecule has 2 rings (SSSR count). The molecule has 2 aromatic heterocycles. The van der Waals surface area contributed by atoms with Gasteiger partial charge in [-0.15, -0.1) is 0 Å². The summed E-state index contributed by atoms with van der Waals surface area (Å²) in [4.78, 5) is 2.13. The number of nitrogens with one attached hydrogen (secondary N) is 1. The van der Waals surface area contributed by atoms with Gasteiger partial charge in [-0.05, 0) is 34.1 Å². The lowest BCUT2D eigenvalue weighted by Gasteiger charge is -2.20. The first-order valence-corrected chi connectivity index (χ1v) is 7.35. The second-order valence-corrected chi connectivity index (χ2v) is 5.87. The zero-order chi connectivity index (χ0) is 15.6. The van der Waals surface area contributed by atoms with Crippen LogP contribution in [0.3, 0.4) is 0 Å². The van der Waals surface area contributed by atoms with Gasteiger partial charge in [-0.25, -0.2) is 0 Å². The first kappa shape index (κ1) is 16.0. The number of likely N-dealkylation sites (N-methyl/N-ethyl adjacent to an activating group) is 1. The van der Waals surface area contributed by atoms with Crippen LogP contribution in [0.5, 0.6) is 0 Å². The molecule has 0 radical (unpaired) electrons. The van der Waals surface area contributed by atoms with Crippen LogP contribution in [-0.4, -0.2) is 52.1 Å². The van der Waals surface area contributed by atoms with Gasteiger partial charge in [-0.3, -0.25) is 9.36 Å². The third kappa shape index (κ3) is 3.45. The van der Waals surface area contributed by atoms with E-state index in [1.54, 1.807) is 6.20 Å². The first-order valence-electron chi connectivity index (χ1n) is 6.97. The standard InChI is InChI=1S/C14H23ClN6/c1-10-8-12(20(5)18-10)13(16-2)14-11(15)9-17-21(14)7-6-19(3)4/h8-9,13,16H,6-7H2,1-5H3. The van der Waals surface area contributed by atoms with Gasteiger partial charge in [0.1, 0.15) is 0 Å². The number of aryl methyl sites for hydroxylation is 2. The highest BCUT2D eigenvalue weighted by Gasteiger charge is 2.23. The number of hydrogen-bond donors (Lipinski definition) is 1. The molecule has 0 aliphatic rings. The van der Waals surface area contributed by atoms with Crippen molar-refractivity contribution in [2.45, 2.75) is 19.5 Å². The number of rotatable bonds is 6. The smallest absolute Gasteiger partial charge is 0.0931 e. The van der Waals surface area contributed by atoms with Crippen molar-refractivity contribution < 1.29 is 0 Å². The van der Waals surface area contributed by atoms with Crippen molar-refractivity contribution in [3.63, 3.8) is 0 Å². The Balaban J connectivity index is 2.38. The van der Waals surface area contributed by atoms with Crippen LogP contribution >= 0.6 is 11.6 Å². The fourth-order valence-corrected chi connectivity index (χ4v) is 2.71. The van der Waals surface area contributed by atoms with Gasteiger partial charge in [0.2, 0.25) is 0 Å². The van der Waals surface area contributed by atoms with Crippen LogP contribution in [0.2, 0.25) is 5.02 Å². The Kier molecular flexibility index (Phi) is 5.03. The monoisotopic (exact) mass is 310 g/mol. The van der Waals surface area contributed by atoms with Crippen molar-refractivity contribution in [3.8, 4) is 0 Å². The summed E-state index contributed by atoms with van der Waals surface area (Å²) < 4.78 is 3.85. The molecule has 0 aliphatic carbocycles. The van der Waals surface area contributed by atoms with Gasteiger partial charge in [-0.2, -0.15) is 10.2 Å². The highest BCUT2D eigenvalue weighted by molar-refractivity contribution is 6.31. The van der Waals surface area contributed by atoms with Crippen LogP contribution in [0.15, 0.2) is 12.3 Å². The van der Waals surface area contributed by atoms with Crippen molar-refractivity contribution in [1.29, 1.82) is 0 Å². The van der Waals surface area contributed by atoms with Crippen molar-refractivity contribution in [2.24, 2.45) is 7.05 Å². The fourth-order valence-electron chi connectivity index (χ4n) is 2.46. The molecule has 2 heterocycles. The normalized spacial score (nSPS) is 13.1. The van der Waals surface area contributed by atoms with Gasteiger partial charge >= 0.3 is 0 Å². The van der Waals surface area contributed by atoms with E-state index in [9.17, 15) is 0 Å². The lowest BCUT2D eigenvalue weighted by molar-refractivity contribution is 0.365. The molecule has 0 spiro atoms. The van der Waals surface area contributed by atoms with E-state index in [4.69, 9.17) is 11.6 Å². The van der Waals surface area contributed by atoms with E-state index >= 15 is 0 Å². The van der Waals surface area contributed by atoms with Crippen LogP contribution in [0, 0.1) is 6.92 Å². The van der Waals surface area contributed by atoms with E-state index < -0.39 is 0 Å². The molecular formula is C14H23ClN6. The molecule has 0 fully saturated rings. The average Bonchev–Trinajstić information content (AvgIpc) is 2.93. The van der Waals surface area contributed by atoms with Gasteiger partial charge < -0.3 is 10.2 Å². The van der Waals surface area contributed by atoms with Gasteiger partial charge in [0.25, 0.3) is 0 Å². The molecule has 0 amide bonds. The van der Waals surface area contributed by atoms with Gasteiger partial charge in [0.15, 0.2) is 0 Å². The van der Waals surface area contributed by atoms with E-state index in [2.05, 4.69) is 26.5 Å². The topological polar surface area (TPSA) is 50.9 Å². The van der Waals surface area contributed by atoms with Crippen LogP contribution in [-0.2, 0) is 13.6 Å². The third-order valence-electron chi connectivity index (χ3n) is 3.49. The number of aromatic nitrogens is 4. The largest absolute Gasteiger partial charge is 0.308 e. The summed E-state index contributed by atoms with van der Waals surface area (Å²) >= 11 is 6.38. The predicted molar refractivity (Wildman–Crippen MR) is 84.6 cm³/mol. The quantitative estimate of drug-likeness (QED) is 0.877. The number of hydrogen-bond acceptors (Lipinski definition) is 4. The summed E-state index contributed by atoms with van der Waals surface area (Å²) in [5.74, 6) is 0. The lowest BCUT2D eigenvalue weighted by atomic mass is 10.1. The Morgan fingerprint density at radius 2 is 2.14 bits per heavy atom. The fraction of sp³-hybridized carbons (Fsp3) is 0.571. The van der Waals surface area contributed by atoms with Crippen molar-refractivity contribution in [1.82, 2.24) is 29.8 Å². The molecule has 7 heteroatoms. The van der Waals surface area contributed by atoms with E-state index in [-0.39, 0.29) is 6.04 Å². The number of nitrogens with zero attached hydrogens (tertiary/aromatic N) is 5. The molecule has 116 valence electrons. The molecule has 0 aliphatic heterocycles. The Hall–Kier alpha value is -1.37. The Bertz CT molecular complexity index is 601. The molecular weight excluding hydrogens is 288 g/mol. The minimum Gasteiger partial charge on any atom is -0.308 e. The van der Waals surface area contributed by atoms with Gasteiger partial charge in [-0.1, -0.05) is 11.6 Å². The molecule has 0 aromatic carbocycles. The maximum Gasteiger partial charge on any atom is 0.0931 e. The second-order valence-electron chi connectivity index (χ2n) is 5.46. The minimum atomic E-state index is -0.0339. The second kappa shape index (κ2) is 6.60. The Morgan fingerprint density at radius 3 is 2.67 bits per heavy atom. The minimum absolute atomic E-state index is 0.0339. The molecule has 1 atom stereocenters. The van der Waals surface area contributed by atoms with Crippen molar-refractivity contribution >= 4 is 11.6 Å². The molecule has 0 saturated heterocycles. The van der Waals surface area contributed by atoms with Crippen LogP contribution in [0.25, 0.3) is 0 Å². The van der Waals surface area contributed by atoms with E-state index in [1.807, 2.05) is 44.5 Å². The molecule has 1 N–H and O–H groups in total. The molecule has 21 heavy (non-hydrogen) atoms. The van der Waals surface area contributed by atoms with Crippen molar-refractivity contribution in [2.75, 3.05) is 27.7 Å². The summed E-state index contributed by atoms with van der Waals surface area (Å²) in [5.41, 5.74) is 3.04. The van der Waals surface area contributed by atoms with E-state index in [1.165, 1.54) is 0 Å². The third-order valence-corrected chi connectivity index (χ3v) is 3.78. The highest BCUT2D eigenvalue weighted by Crippen LogP contribution is 2.28.